The van der Waals surface area contributed by atoms with Crippen molar-refractivity contribution in [2.24, 2.45) is 0 Å². The second-order valence-electron chi connectivity index (χ2n) is 4.57. The Balaban J connectivity index is 2.24. The van der Waals surface area contributed by atoms with Gasteiger partial charge in [0, 0.05) is 11.1 Å². The third-order valence-electron chi connectivity index (χ3n) is 2.85. The summed E-state index contributed by atoms with van der Waals surface area (Å²) < 4.78 is 5.55. The van der Waals surface area contributed by atoms with Crippen molar-refractivity contribution >= 4 is 5.78 Å². The second kappa shape index (κ2) is 6.19. The highest BCUT2D eigenvalue weighted by atomic mass is 16.5. The highest BCUT2D eigenvalue weighted by molar-refractivity contribution is 6.09. The summed E-state index contributed by atoms with van der Waals surface area (Å²) in [6.45, 7) is 4.71. The molecule has 0 fully saturated rings. The van der Waals surface area contributed by atoms with Crippen molar-refractivity contribution in [3.05, 3.63) is 65.2 Å². The zero-order valence-electron chi connectivity index (χ0n) is 11.3. The third-order valence-corrected chi connectivity index (χ3v) is 2.85. The maximum atomic E-state index is 12.4. The van der Waals surface area contributed by atoms with E-state index in [0.29, 0.717) is 17.7 Å². The van der Waals surface area contributed by atoms with Crippen LogP contribution in [0.3, 0.4) is 0 Å². The molecule has 2 nitrogen and oxygen atoms in total. The van der Waals surface area contributed by atoms with Crippen LogP contribution in [-0.2, 0) is 0 Å². The predicted octanol–water partition coefficient (Wildman–Crippen LogP) is 4.01. The second-order valence-corrected chi connectivity index (χ2v) is 4.57. The number of benzene rings is 2. The molecule has 0 unspecified atom stereocenters. The topological polar surface area (TPSA) is 26.3 Å². The summed E-state index contributed by atoms with van der Waals surface area (Å²) in [5.74, 6) is 0.783. The van der Waals surface area contributed by atoms with E-state index in [4.69, 9.17) is 4.74 Å². The molecule has 0 N–H and O–H groups in total. The van der Waals surface area contributed by atoms with Crippen LogP contribution < -0.4 is 4.74 Å². The van der Waals surface area contributed by atoms with Gasteiger partial charge in [0.25, 0.3) is 0 Å². The summed E-state index contributed by atoms with van der Waals surface area (Å²) in [5, 5.41) is 0. The molecule has 0 saturated carbocycles. The van der Waals surface area contributed by atoms with Gasteiger partial charge < -0.3 is 4.74 Å². The molecule has 0 bridgehead atoms. The Morgan fingerprint density at radius 1 is 1.05 bits per heavy atom. The van der Waals surface area contributed by atoms with Crippen molar-refractivity contribution in [1.29, 1.82) is 0 Å². The van der Waals surface area contributed by atoms with Crippen molar-refractivity contribution < 1.29 is 9.53 Å². The van der Waals surface area contributed by atoms with Gasteiger partial charge in [-0.25, -0.2) is 0 Å². The zero-order chi connectivity index (χ0) is 13.7. The number of carbonyl (C=O) groups is 1. The van der Waals surface area contributed by atoms with Crippen molar-refractivity contribution in [2.75, 3.05) is 6.61 Å². The van der Waals surface area contributed by atoms with Crippen LogP contribution in [0.5, 0.6) is 5.75 Å². The van der Waals surface area contributed by atoms with E-state index in [-0.39, 0.29) is 5.78 Å². The first-order valence-electron chi connectivity index (χ1n) is 6.55. The molecule has 0 aliphatic rings. The van der Waals surface area contributed by atoms with E-state index in [1.807, 2.05) is 49.4 Å². The van der Waals surface area contributed by atoms with Crippen molar-refractivity contribution in [3.63, 3.8) is 0 Å². The Morgan fingerprint density at radius 3 is 2.42 bits per heavy atom. The largest absolute Gasteiger partial charge is 0.494 e. The Kier molecular flexibility index (Phi) is 4.35. The van der Waals surface area contributed by atoms with Crippen LogP contribution in [-0.4, -0.2) is 12.4 Å². The number of hydrogen-bond donors (Lipinski definition) is 0. The molecule has 0 atom stereocenters. The number of aryl methyl sites for hydroxylation is 1. The fourth-order valence-electron chi connectivity index (χ4n) is 1.90. The molecule has 19 heavy (non-hydrogen) atoms. The number of hydrogen-bond acceptors (Lipinski definition) is 2. The Bertz CT molecular complexity index is 573. The van der Waals surface area contributed by atoms with E-state index < -0.39 is 0 Å². The van der Waals surface area contributed by atoms with Crippen LogP contribution in [0.25, 0.3) is 0 Å². The van der Waals surface area contributed by atoms with Crippen molar-refractivity contribution in [2.45, 2.75) is 20.3 Å². The van der Waals surface area contributed by atoms with Gasteiger partial charge in [-0.15, -0.1) is 0 Å². The van der Waals surface area contributed by atoms with Crippen LogP contribution in [0.2, 0.25) is 0 Å². The van der Waals surface area contributed by atoms with Gasteiger partial charge in [-0.05, 0) is 31.5 Å². The Hall–Kier alpha value is -2.09. The van der Waals surface area contributed by atoms with Gasteiger partial charge in [0.1, 0.15) is 5.75 Å². The van der Waals surface area contributed by atoms with Gasteiger partial charge in [-0.2, -0.15) is 0 Å². The smallest absolute Gasteiger partial charge is 0.193 e. The lowest BCUT2D eigenvalue weighted by Crippen LogP contribution is -2.02. The molecule has 0 aliphatic heterocycles. The standard InChI is InChI=1S/C17H18O2/c1-3-10-19-16-9-5-8-15(12-16)17(18)14-7-4-6-13(2)11-14/h4-9,11-12H,3,10H2,1-2H3. The summed E-state index contributed by atoms with van der Waals surface area (Å²) in [4.78, 5) is 12.4. The first kappa shape index (κ1) is 13.3. The van der Waals surface area contributed by atoms with Crippen LogP contribution >= 0.6 is 0 Å². The molecular weight excluding hydrogens is 236 g/mol. The molecule has 2 heteroatoms. The number of carbonyl (C=O) groups excluding carboxylic acids is 1. The van der Waals surface area contributed by atoms with Gasteiger partial charge >= 0.3 is 0 Å². The lowest BCUT2D eigenvalue weighted by molar-refractivity contribution is 0.103. The van der Waals surface area contributed by atoms with Gasteiger partial charge in [-0.3, -0.25) is 4.79 Å². The van der Waals surface area contributed by atoms with E-state index in [2.05, 4.69) is 6.92 Å². The van der Waals surface area contributed by atoms with Gasteiger partial charge in [-0.1, -0.05) is 42.8 Å². The van der Waals surface area contributed by atoms with Crippen molar-refractivity contribution in [3.8, 4) is 5.75 Å². The summed E-state index contributed by atoms with van der Waals surface area (Å²) >= 11 is 0. The van der Waals surface area contributed by atoms with Crippen LogP contribution in [0.1, 0.15) is 34.8 Å². The van der Waals surface area contributed by atoms with Crippen LogP contribution in [0.15, 0.2) is 48.5 Å². The molecule has 0 radical (unpaired) electrons. The molecule has 2 aromatic rings. The minimum Gasteiger partial charge on any atom is -0.494 e. The molecule has 0 saturated heterocycles. The quantitative estimate of drug-likeness (QED) is 0.753. The molecule has 2 aromatic carbocycles. The van der Waals surface area contributed by atoms with E-state index in [0.717, 1.165) is 17.7 Å². The number of ether oxygens (including phenoxy) is 1. The average molecular weight is 254 g/mol. The summed E-state index contributed by atoms with van der Waals surface area (Å²) in [6, 6.07) is 15.0. The molecule has 0 aromatic heterocycles. The van der Waals surface area contributed by atoms with E-state index in [1.54, 1.807) is 6.07 Å². The molecule has 2 rings (SSSR count). The zero-order valence-corrected chi connectivity index (χ0v) is 11.3. The predicted molar refractivity (Wildman–Crippen MR) is 76.8 cm³/mol. The first-order chi connectivity index (χ1) is 9.20. The fourth-order valence-corrected chi connectivity index (χ4v) is 1.90. The molecule has 98 valence electrons. The maximum Gasteiger partial charge on any atom is 0.193 e. The monoisotopic (exact) mass is 254 g/mol. The minimum absolute atomic E-state index is 0.0330. The number of rotatable bonds is 5. The van der Waals surface area contributed by atoms with E-state index in [9.17, 15) is 4.79 Å². The Morgan fingerprint density at radius 2 is 1.74 bits per heavy atom. The molecular formula is C17H18O2. The summed E-state index contributed by atoms with van der Waals surface area (Å²) in [6.07, 6.45) is 0.954. The lowest BCUT2D eigenvalue weighted by Gasteiger charge is -2.07. The first-order valence-corrected chi connectivity index (χ1v) is 6.55. The van der Waals surface area contributed by atoms with Crippen LogP contribution in [0.4, 0.5) is 0 Å². The van der Waals surface area contributed by atoms with Gasteiger partial charge in [0.05, 0.1) is 6.61 Å². The fraction of sp³-hybridized carbons (Fsp3) is 0.235. The molecule has 0 amide bonds. The van der Waals surface area contributed by atoms with Gasteiger partial charge in [0.2, 0.25) is 0 Å². The molecule has 0 spiro atoms. The van der Waals surface area contributed by atoms with Gasteiger partial charge in [0.15, 0.2) is 5.78 Å². The summed E-state index contributed by atoms with van der Waals surface area (Å²) in [5.41, 5.74) is 2.47. The average Bonchev–Trinajstić information content (AvgIpc) is 2.44. The summed E-state index contributed by atoms with van der Waals surface area (Å²) in [7, 11) is 0. The Labute approximate surface area is 114 Å². The molecule has 0 aliphatic carbocycles. The third kappa shape index (κ3) is 3.44. The molecule has 0 heterocycles. The van der Waals surface area contributed by atoms with Crippen LogP contribution in [0, 0.1) is 6.92 Å². The van der Waals surface area contributed by atoms with E-state index >= 15 is 0 Å². The lowest BCUT2D eigenvalue weighted by atomic mass is 10.0. The normalized spacial score (nSPS) is 10.2. The SMILES string of the molecule is CCCOc1cccc(C(=O)c2cccc(C)c2)c1. The highest BCUT2D eigenvalue weighted by Gasteiger charge is 2.09. The number of ketones is 1. The van der Waals surface area contributed by atoms with Crippen molar-refractivity contribution in [1.82, 2.24) is 0 Å². The minimum atomic E-state index is 0.0330. The van der Waals surface area contributed by atoms with E-state index in [1.165, 1.54) is 0 Å². The maximum absolute atomic E-state index is 12.4. The highest BCUT2D eigenvalue weighted by Crippen LogP contribution is 2.17.